The SMILES string of the molecule is Cc1ccc(NC(=O)COC(=O)c2c3c(nc4ccccc24)CCC(c2ccccc2)C3)cc1. The van der Waals surface area contributed by atoms with Crippen LogP contribution in [-0.4, -0.2) is 23.5 Å². The van der Waals surface area contributed by atoms with E-state index in [-0.39, 0.29) is 12.5 Å². The Balaban J connectivity index is 1.41. The average molecular weight is 451 g/mol. The third-order valence-electron chi connectivity index (χ3n) is 6.40. The Morgan fingerprint density at radius 3 is 2.50 bits per heavy atom. The van der Waals surface area contributed by atoms with Crippen LogP contribution in [0.1, 0.15) is 45.1 Å². The van der Waals surface area contributed by atoms with Crippen molar-refractivity contribution in [1.82, 2.24) is 4.98 Å². The van der Waals surface area contributed by atoms with Crippen molar-refractivity contribution in [2.24, 2.45) is 0 Å². The largest absolute Gasteiger partial charge is 0.452 e. The molecule has 4 aromatic rings. The number of anilines is 1. The molecular weight excluding hydrogens is 424 g/mol. The first kappa shape index (κ1) is 21.8. The van der Waals surface area contributed by atoms with Crippen LogP contribution in [-0.2, 0) is 22.4 Å². The zero-order valence-corrected chi connectivity index (χ0v) is 19.1. The van der Waals surface area contributed by atoms with Gasteiger partial charge in [0.05, 0.1) is 11.1 Å². The van der Waals surface area contributed by atoms with Crippen molar-refractivity contribution in [2.75, 3.05) is 11.9 Å². The molecule has 0 bridgehead atoms. The minimum atomic E-state index is -0.484. The Hall–Kier alpha value is -3.99. The molecule has 0 spiro atoms. The maximum Gasteiger partial charge on any atom is 0.339 e. The first-order valence-electron chi connectivity index (χ1n) is 11.6. The van der Waals surface area contributed by atoms with Gasteiger partial charge >= 0.3 is 5.97 Å². The van der Waals surface area contributed by atoms with Crippen LogP contribution in [0.3, 0.4) is 0 Å². The summed E-state index contributed by atoms with van der Waals surface area (Å²) < 4.78 is 5.52. The van der Waals surface area contributed by atoms with Crippen LogP contribution >= 0.6 is 0 Å². The number of nitrogens with one attached hydrogen (secondary N) is 1. The minimum Gasteiger partial charge on any atom is -0.452 e. The Morgan fingerprint density at radius 1 is 0.971 bits per heavy atom. The van der Waals surface area contributed by atoms with Gasteiger partial charge in [0.25, 0.3) is 5.91 Å². The van der Waals surface area contributed by atoms with E-state index in [4.69, 9.17) is 9.72 Å². The lowest BCUT2D eigenvalue weighted by atomic mass is 9.80. The van der Waals surface area contributed by atoms with Crippen molar-refractivity contribution >= 4 is 28.5 Å². The number of hydrogen-bond acceptors (Lipinski definition) is 4. The van der Waals surface area contributed by atoms with Gasteiger partial charge in [-0.15, -0.1) is 0 Å². The van der Waals surface area contributed by atoms with E-state index in [0.29, 0.717) is 17.2 Å². The molecule has 1 unspecified atom stereocenters. The Bertz CT molecular complexity index is 1350. The molecule has 0 saturated carbocycles. The number of esters is 1. The number of ether oxygens (including phenoxy) is 1. The number of benzene rings is 3. The molecule has 1 aliphatic rings. The number of nitrogens with zero attached hydrogens (tertiary/aromatic N) is 1. The summed E-state index contributed by atoms with van der Waals surface area (Å²) in [4.78, 5) is 30.6. The molecule has 0 aliphatic heterocycles. The molecule has 0 saturated heterocycles. The third kappa shape index (κ3) is 4.55. The molecule has 34 heavy (non-hydrogen) atoms. The summed E-state index contributed by atoms with van der Waals surface area (Å²) in [5.74, 6) is -0.540. The fraction of sp³-hybridized carbons (Fsp3) is 0.207. The number of hydrogen-bond donors (Lipinski definition) is 1. The Morgan fingerprint density at radius 2 is 1.71 bits per heavy atom. The summed E-state index contributed by atoms with van der Waals surface area (Å²) in [6.07, 6.45) is 2.50. The first-order valence-corrected chi connectivity index (χ1v) is 11.6. The van der Waals surface area contributed by atoms with Crippen molar-refractivity contribution in [3.63, 3.8) is 0 Å². The van der Waals surface area contributed by atoms with Crippen molar-refractivity contribution in [2.45, 2.75) is 32.1 Å². The van der Waals surface area contributed by atoms with Crippen molar-refractivity contribution in [3.05, 3.63) is 107 Å². The van der Waals surface area contributed by atoms with Crippen LogP contribution in [0, 0.1) is 6.92 Å². The van der Waals surface area contributed by atoms with E-state index in [1.165, 1.54) is 5.56 Å². The Kier molecular flexibility index (Phi) is 6.09. The molecule has 1 aliphatic carbocycles. The van der Waals surface area contributed by atoms with Crippen LogP contribution in [0.4, 0.5) is 5.69 Å². The molecule has 5 rings (SSSR count). The topological polar surface area (TPSA) is 68.3 Å². The van der Waals surface area contributed by atoms with Gasteiger partial charge in [0.15, 0.2) is 6.61 Å². The predicted octanol–water partition coefficient (Wildman–Crippen LogP) is 5.61. The number of aryl methyl sites for hydroxylation is 2. The van der Waals surface area contributed by atoms with E-state index >= 15 is 0 Å². The molecule has 0 fully saturated rings. The smallest absolute Gasteiger partial charge is 0.339 e. The average Bonchev–Trinajstić information content (AvgIpc) is 2.87. The zero-order valence-electron chi connectivity index (χ0n) is 19.1. The second-order valence-electron chi connectivity index (χ2n) is 8.77. The van der Waals surface area contributed by atoms with E-state index in [2.05, 4.69) is 17.4 Å². The lowest BCUT2D eigenvalue weighted by molar-refractivity contribution is -0.119. The highest BCUT2D eigenvalue weighted by Gasteiger charge is 2.28. The second kappa shape index (κ2) is 9.48. The van der Waals surface area contributed by atoms with Gasteiger partial charge < -0.3 is 10.1 Å². The van der Waals surface area contributed by atoms with Gasteiger partial charge in [-0.25, -0.2) is 4.79 Å². The molecule has 0 radical (unpaired) electrons. The van der Waals surface area contributed by atoms with E-state index in [1.54, 1.807) is 0 Å². The lowest BCUT2D eigenvalue weighted by Gasteiger charge is -2.26. The number of fused-ring (bicyclic) bond motifs is 2. The van der Waals surface area contributed by atoms with E-state index in [9.17, 15) is 9.59 Å². The number of carbonyl (C=O) groups excluding carboxylic acids is 2. The predicted molar refractivity (Wildman–Crippen MR) is 133 cm³/mol. The van der Waals surface area contributed by atoms with Crippen LogP contribution in [0.5, 0.6) is 0 Å². The highest BCUT2D eigenvalue weighted by atomic mass is 16.5. The van der Waals surface area contributed by atoms with Gasteiger partial charge in [-0.3, -0.25) is 9.78 Å². The van der Waals surface area contributed by atoms with Gasteiger partial charge in [-0.2, -0.15) is 0 Å². The monoisotopic (exact) mass is 450 g/mol. The number of aromatic nitrogens is 1. The number of rotatable bonds is 5. The fourth-order valence-electron chi connectivity index (χ4n) is 4.67. The summed E-state index contributed by atoms with van der Waals surface area (Å²) in [6.45, 7) is 1.63. The maximum atomic E-state index is 13.3. The van der Waals surface area contributed by atoms with E-state index < -0.39 is 5.97 Å². The summed E-state index contributed by atoms with van der Waals surface area (Å²) >= 11 is 0. The molecule has 1 aromatic heterocycles. The van der Waals surface area contributed by atoms with E-state index in [1.807, 2.05) is 73.7 Å². The molecule has 5 nitrogen and oxygen atoms in total. The highest BCUT2D eigenvalue weighted by Crippen LogP contribution is 2.36. The van der Waals surface area contributed by atoms with Crippen molar-refractivity contribution in [1.29, 1.82) is 0 Å². The molecular formula is C29H26N2O3. The van der Waals surface area contributed by atoms with Crippen LogP contribution < -0.4 is 5.32 Å². The quantitative estimate of drug-likeness (QED) is 0.401. The fourth-order valence-corrected chi connectivity index (χ4v) is 4.67. The third-order valence-corrected chi connectivity index (χ3v) is 6.40. The number of carbonyl (C=O) groups is 2. The molecule has 5 heteroatoms. The van der Waals surface area contributed by atoms with Crippen molar-refractivity contribution < 1.29 is 14.3 Å². The Labute approximate surface area is 198 Å². The standard InChI is InChI=1S/C29H26N2O3/c1-19-11-14-22(15-12-19)30-27(32)18-34-29(33)28-23-9-5-6-10-25(23)31-26-16-13-21(17-24(26)28)20-7-3-2-4-8-20/h2-12,14-15,21H,13,16-18H2,1H3,(H,30,32). The van der Waals surface area contributed by atoms with Gasteiger partial charge in [0.2, 0.25) is 0 Å². The number of amides is 1. The zero-order chi connectivity index (χ0) is 23.5. The summed E-state index contributed by atoms with van der Waals surface area (Å²) in [5, 5.41) is 3.54. The van der Waals surface area contributed by atoms with E-state index in [0.717, 1.165) is 47.0 Å². The lowest BCUT2D eigenvalue weighted by Crippen LogP contribution is -2.23. The first-order chi connectivity index (χ1) is 16.6. The van der Waals surface area contributed by atoms with Crippen molar-refractivity contribution in [3.8, 4) is 0 Å². The van der Waals surface area contributed by atoms with Crippen LogP contribution in [0.2, 0.25) is 0 Å². The molecule has 1 heterocycles. The summed E-state index contributed by atoms with van der Waals surface area (Å²) in [7, 11) is 0. The molecule has 1 atom stereocenters. The summed E-state index contributed by atoms with van der Waals surface area (Å²) in [5.41, 5.74) is 6.22. The number of pyridine rings is 1. The summed E-state index contributed by atoms with van der Waals surface area (Å²) in [6, 6.07) is 25.5. The van der Waals surface area contributed by atoms with Gasteiger partial charge in [-0.1, -0.05) is 66.2 Å². The van der Waals surface area contributed by atoms with Gasteiger partial charge in [0, 0.05) is 16.8 Å². The minimum absolute atomic E-state index is 0.313. The molecule has 1 N–H and O–H groups in total. The maximum absolute atomic E-state index is 13.3. The molecule has 3 aromatic carbocycles. The van der Waals surface area contributed by atoms with Gasteiger partial charge in [0.1, 0.15) is 0 Å². The van der Waals surface area contributed by atoms with Crippen LogP contribution in [0.25, 0.3) is 10.9 Å². The molecule has 170 valence electrons. The van der Waals surface area contributed by atoms with Crippen LogP contribution in [0.15, 0.2) is 78.9 Å². The normalized spacial score (nSPS) is 14.9. The van der Waals surface area contributed by atoms with Gasteiger partial charge in [-0.05, 0) is 61.4 Å². The number of para-hydroxylation sites is 1. The molecule has 1 amide bonds. The highest BCUT2D eigenvalue weighted by molar-refractivity contribution is 6.06. The second-order valence-corrected chi connectivity index (χ2v) is 8.77.